The summed E-state index contributed by atoms with van der Waals surface area (Å²) in [6, 6.07) is 11.1. The van der Waals surface area contributed by atoms with Crippen LogP contribution in [0.2, 0.25) is 0 Å². The summed E-state index contributed by atoms with van der Waals surface area (Å²) in [4.78, 5) is 16.4. The molecular formula is C19H25N3O3. The zero-order valence-electron chi connectivity index (χ0n) is 14.7. The van der Waals surface area contributed by atoms with Gasteiger partial charge in [0.15, 0.2) is 0 Å². The highest BCUT2D eigenvalue weighted by molar-refractivity contribution is 5.98. The van der Waals surface area contributed by atoms with Crippen LogP contribution in [0.3, 0.4) is 0 Å². The second-order valence-corrected chi connectivity index (χ2v) is 5.70. The Bertz CT molecular complexity index is 687. The van der Waals surface area contributed by atoms with Crippen molar-refractivity contribution in [2.45, 2.75) is 32.9 Å². The monoisotopic (exact) mass is 343 g/mol. The predicted molar refractivity (Wildman–Crippen MR) is 97.4 cm³/mol. The van der Waals surface area contributed by atoms with Crippen molar-refractivity contribution >= 4 is 11.7 Å². The molecule has 2 aromatic rings. The second kappa shape index (κ2) is 9.64. The van der Waals surface area contributed by atoms with Gasteiger partial charge in [-0.1, -0.05) is 25.5 Å². The van der Waals surface area contributed by atoms with Gasteiger partial charge in [0.2, 0.25) is 0 Å². The van der Waals surface area contributed by atoms with Crippen molar-refractivity contribution in [1.29, 1.82) is 0 Å². The van der Waals surface area contributed by atoms with Crippen molar-refractivity contribution in [2.75, 3.05) is 19.5 Å². The van der Waals surface area contributed by atoms with E-state index in [0.717, 1.165) is 30.8 Å². The Morgan fingerprint density at radius 3 is 2.60 bits per heavy atom. The summed E-state index contributed by atoms with van der Waals surface area (Å²) in [7, 11) is 1.58. The number of ether oxygens (including phenoxy) is 2. The molecule has 0 aliphatic heterocycles. The summed E-state index contributed by atoms with van der Waals surface area (Å²) in [5, 5.41) is 2.85. The molecule has 134 valence electrons. The van der Waals surface area contributed by atoms with Crippen LogP contribution in [0.1, 0.15) is 41.4 Å². The van der Waals surface area contributed by atoms with Gasteiger partial charge >= 0.3 is 0 Å². The first kappa shape index (κ1) is 18.7. The Morgan fingerprint density at radius 1 is 1.20 bits per heavy atom. The van der Waals surface area contributed by atoms with Crippen LogP contribution in [0.5, 0.6) is 5.75 Å². The van der Waals surface area contributed by atoms with Crippen LogP contribution >= 0.6 is 0 Å². The third kappa shape index (κ3) is 5.76. The van der Waals surface area contributed by atoms with E-state index in [9.17, 15) is 4.79 Å². The van der Waals surface area contributed by atoms with E-state index in [-0.39, 0.29) is 11.7 Å². The van der Waals surface area contributed by atoms with Gasteiger partial charge < -0.3 is 20.5 Å². The van der Waals surface area contributed by atoms with Crippen molar-refractivity contribution in [3.05, 3.63) is 53.2 Å². The lowest BCUT2D eigenvalue weighted by Gasteiger charge is -2.09. The average molecular weight is 343 g/mol. The van der Waals surface area contributed by atoms with Crippen molar-refractivity contribution < 1.29 is 14.3 Å². The van der Waals surface area contributed by atoms with Crippen LogP contribution in [-0.2, 0) is 17.9 Å². The predicted octanol–water partition coefficient (Wildman–Crippen LogP) is 2.92. The molecule has 0 aliphatic rings. The third-order valence-corrected chi connectivity index (χ3v) is 3.66. The molecule has 1 amide bonds. The topological polar surface area (TPSA) is 86.5 Å². The van der Waals surface area contributed by atoms with Gasteiger partial charge in [0, 0.05) is 13.7 Å². The summed E-state index contributed by atoms with van der Waals surface area (Å²) < 4.78 is 10.6. The second-order valence-electron chi connectivity index (χ2n) is 5.70. The van der Waals surface area contributed by atoms with Crippen LogP contribution in [0.4, 0.5) is 5.82 Å². The van der Waals surface area contributed by atoms with Crippen molar-refractivity contribution in [3.8, 4) is 5.75 Å². The smallest absolute Gasteiger partial charge is 0.255 e. The maximum absolute atomic E-state index is 12.3. The SMILES string of the molecule is CCCCOc1ccc(CNC(=O)c2ccc(COC)nc2N)cc1. The molecule has 0 fully saturated rings. The van der Waals surface area contributed by atoms with Gasteiger partial charge in [-0.15, -0.1) is 0 Å². The molecule has 1 aromatic carbocycles. The van der Waals surface area contributed by atoms with Gasteiger partial charge in [-0.05, 0) is 36.2 Å². The molecule has 0 atom stereocenters. The quantitative estimate of drug-likeness (QED) is 0.684. The fraction of sp³-hybridized carbons (Fsp3) is 0.368. The molecule has 0 bridgehead atoms. The molecule has 0 aliphatic carbocycles. The van der Waals surface area contributed by atoms with E-state index in [1.807, 2.05) is 24.3 Å². The fourth-order valence-electron chi connectivity index (χ4n) is 2.25. The van der Waals surface area contributed by atoms with Gasteiger partial charge in [-0.2, -0.15) is 0 Å². The number of nitrogen functional groups attached to an aromatic ring is 1. The van der Waals surface area contributed by atoms with Gasteiger partial charge in [-0.25, -0.2) is 4.98 Å². The van der Waals surface area contributed by atoms with Crippen LogP contribution in [0.15, 0.2) is 36.4 Å². The first-order chi connectivity index (χ1) is 12.1. The number of anilines is 1. The minimum atomic E-state index is -0.253. The van der Waals surface area contributed by atoms with Gasteiger partial charge in [0.05, 0.1) is 24.5 Å². The number of amides is 1. The Morgan fingerprint density at radius 2 is 1.96 bits per heavy atom. The molecular weight excluding hydrogens is 318 g/mol. The standard InChI is InChI=1S/C19H25N3O3/c1-3-4-11-25-16-8-5-14(6-9-16)12-21-19(23)17-10-7-15(13-24-2)22-18(17)20/h5-10H,3-4,11-13H2,1-2H3,(H2,20,22)(H,21,23). The third-order valence-electron chi connectivity index (χ3n) is 3.66. The first-order valence-corrected chi connectivity index (χ1v) is 8.38. The number of hydrogen-bond acceptors (Lipinski definition) is 5. The van der Waals surface area contributed by atoms with Crippen molar-refractivity contribution in [3.63, 3.8) is 0 Å². The minimum Gasteiger partial charge on any atom is -0.494 e. The number of benzene rings is 1. The highest BCUT2D eigenvalue weighted by Crippen LogP contribution is 2.14. The highest BCUT2D eigenvalue weighted by Gasteiger charge is 2.11. The number of nitrogens with two attached hydrogens (primary N) is 1. The van der Waals surface area contributed by atoms with E-state index in [4.69, 9.17) is 15.2 Å². The lowest BCUT2D eigenvalue weighted by Crippen LogP contribution is -2.24. The summed E-state index contributed by atoms with van der Waals surface area (Å²) in [5.41, 5.74) is 7.89. The number of nitrogens with one attached hydrogen (secondary N) is 1. The maximum atomic E-state index is 12.3. The van der Waals surface area contributed by atoms with E-state index < -0.39 is 0 Å². The van der Waals surface area contributed by atoms with Gasteiger partial charge in [-0.3, -0.25) is 4.79 Å². The van der Waals surface area contributed by atoms with E-state index in [1.54, 1.807) is 19.2 Å². The largest absolute Gasteiger partial charge is 0.494 e. The molecule has 0 spiro atoms. The van der Waals surface area contributed by atoms with Gasteiger partial charge in [0.25, 0.3) is 5.91 Å². The van der Waals surface area contributed by atoms with Crippen LogP contribution < -0.4 is 15.8 Å². The number of carbonyl (C=O) groups is 1. The number of carbonyl (C=O) groups excluding carboxylic acids is 1. The molecule has 25 heavy (non-hydrogen) atoms. The molecule has 3 N–H and O–H groups in total. The maximum Gasteiger partial charge on any atom is 0.255 e. The van der Waals surface area contributed by atoms with Crippen LogP contribution in [-0.4, -0.2) is 24.6 Å². The summed E-state index contributed by atoms with van der Waals surface area (Å²) in [6.07, 6.45) is 2.14. The van der Waals surface area contributed by atoms with E-state index >= 15 is 0 Å². The number of nitrogens with zero attached hydrogens (tertiary/aromatic N) is 1. The Hall–Kier alpha value is -2.60. The van der Waals surface area contributed by atoms with Crippen molar-refractivity contribution in [2.24, 2.45) is 0 Å². The Kier molecular flexibility index (Phi) is 7.22. The molecule has 6 nitrogen and oxygen atoms in total. The lowest BCUT2D eigenvalue weighted by molar-refractivity contribution is 0.0951. The zero-order valence-corrected chi connectivity index (χ0v) is 14.7. The van der Waals surface area contributed by atoms with E-state index in [1.165, 1.54) is 0 Å². The number of methoxy groups -OCH3 is 1. The van der Waals surface area contributed by atoms with Crippen LogP contribution in [0, 0.1) is 0 Å². The molecule has 1 aromatic heterocycles. The molecule has 0 saturated carbocycles. The van der Waals surface area contributed by atoms with Gasteiger partial charge in [0.1, 0.15) is 11.6 Å². The lowest BCUT2D eigenvalue weighted by atomic mass is 10.2. The molecule has 0 saturated heterocycles. The van der Waals surface area contributed by atoms with Crippen molar-refractivity contribution in [1.82, 2.24) is 10.3 Å². The zero-order chi connectivity index (χ0) is 18.1. The number of hydrogen-bond donors (Lipinski definition) is 2. The minimum absolute atomic E-state index is 0.201. The highest BCUT2D eigenvalue weighted by atomic mass is 16.5. The summed E-state index contributed by atoms with van der Waals surface area (Å²) >= 11 is 0. The molecule has 1 heterocycles. The Labute approximate surface area is 148 Å². The molecule has 0 unspecified atom stereocenters. The molecule has 6 heteroatoms. The van der Waals surface area contributed by atoms with Crippen LogP contribution in [0.25, 0.3) is 0 Å². The van der Waals surface area contributed by atoms with E-state index in [2.05, 4.69) is 17.2 Å². The summed E-state index contributed by atoms with van der Waals surface area (Å²) in [6.45, 7) is 3.62. The molecule has 0 radical (unpaired) electrons. The fourth-order valence-corrected chi connectivity index (χ4v) is 2.25. The number of unbranched alkanes of at least 4 members (excludes halogenated alkanes) is 1. The Balaban J connectivity index is 1.89. The number of pyridine rings is 1. The average Bonchev–Trinajstić information content (AvgIpc) is 2.61. The molecule has 2 rings (SSSR count). The number of aromatic nitrogens is 1. The number of rotatable bonds is 9. The van der Waals surface area contributed by atoms with E-state index in [0.29, 0.717) is 24.4 Å². The normalized spacial score (nSPS) is 10.5. The first-order valence-electron chi connectivity index (χ1n) is 8.38. The summed E-state index contributed by atoms with van der Waals surface area (Å²) in [5.74, 6) is 0.787.